The zero-order chi connectivity index (χ0) is 47.3. The molecule has 0 aliphatic heterocycles. The Hall–Kier alpha value is -9.09. The van der Waals surface area contributed by atoms with Gasteiger partial charge < -0.3 is 18.6 Å². The highest BCUT2D eigenvalue weighted by molar-refractivity contribution is 6.31. The predicted octanol–water partition coefficient (Wildman–Crippen LogP) is 19.7. The van der Waals surface area contributed by atoms with Crippen molar-refractivity contribution in [2.75, 3.05) is 9.80 Å². The first kappa shape index (κ1) is 42.0. The van der Waals surface area contributed by atoms with E-state index >= 15 is 0 Å². The van der Waals surface area contributed by atoms with E-state index in [0.29, 0.717) is 5.02 Å². The number of hydrogen-bond donors (Lipinski definition) is 0. The minimum atomic E-state index is 0.579. The normalized spacial score (nSPS) is 11.5. The average molecular weight is 932 g/mol. The van der Waals surface area contributed by atoms with Gasteiger partial charge in [-0.25, -0.2) is 0 Å². The van der Waals surface area contributed by atoms with Crippen LogP contribution in [0.3, 0.4) is 0 Å². The van der Waals surface area contributed by atoms with Crippen molar-refractivity contribution >= 4 is 89.6 Å². The third kappa shape index (κ3) is 7.77. The Morgan fingerprint density at radius 3 is 0.972 bits per heavy atom. The van der Waals surface area contributed by atoms with Gasteiger partial charge in [-0.2, -0.15) is 0 Å². The SMILES string of the molecule is Clc1cc(N(c2ccc(-c3ccccc3)cc2)c2cc(-c3ccccc3)c3c(c2)oc2ccccc23)cc(N(c2ccc(-c3ccccc3)cc2)c2cc(-c3ccccc3)c3c(c2)oc2ccccc23)c1. The second-order valence-electron chi connectivity index (χ2n) is 17.8. The molecule has 5 heteroatoms. The van der Waals surface area contributed by atoms with E-state index in [2.05, 4.69) is 234 Å². The summed E-state index contributed by atoms with van der Waals surface area (Å²) in [4.78, 5) is 4.58. The minimum Gasteiger partial charge on any atom is -0.456 e. The molecule has 11 aromatic carbocycles. The van der Waals surface area contributed by atoms with Crippen LogP contribution in [-0.4, -0.2) is 0 Å². The summed E-state index contributed by atoms with van der Waals surface area (Å²) in [6.07, 6.45) is 0. The van der Waals surface area contributed by atoms with Crippen LogP contribution in [0.2, 0.25) is 5.02 Å². The monoisotopic (exact) mass is 930 g/mol. The van der Waals surface area contributed by atoms with Gasteiger partial charge in [-0.1, -0.05) is 194 Å². The largest absolute Gasteiger partial charge is 0.456 e. The number of rotatable bonds is 10. The van der Waals surface area contributed by atoms with E-state index in [0.717, 1.165) is 123 Å². The molecule has 0 fully saturated rings. The van der Waals surface area contributed by atoms with Crippen molar-refractivity contribution in [1.82, 2.24) is 0 Å². The lowest BCUT2D eigenvalue weighted by molar-refractivity contribution is 0.668. The van der Waals surface area contributed by atoms with Gasteiger partial charge >= 0.3 is 0 Å². The Balaban J connectivity index is 1.05. The molecule has 0 spiro atoms. The van der Waals surface area contributed by atoms with Crippen molar-refractivity contribution in [2.45, 2.75) is 0 Å². The minimum absolute atomic E-state index is 0.579. The molecule has 2 heterocycles. The fourth-order valence-electron chi connectivity index (χ4n) is 10.2. The summed E-state index contributed by atoms with van der Waals surface area (Å²) < 4.78 is 13.5. The lowest BCUT2D eigenvalue weighted by Gasteiger charge is -2.30. The van der Waals surface area contributed by atoms with Crippen molar-refractivity contribution in [3.05, 3.63) is 266 Å². The molecule has 4 nitrogen and oxygen atoms in total. The standard InChI is InChI=1S/C66H43ClN2O2/c67-50-37-53(68(51-33-29-46(30-34-51)44-17-5-1-6-18-44)55-40-59(48-21-9-3-10-22-48)65-57-25-13-15-27-61(57)70-63(65)42-55)39-54(38-50)69(52-35-31-47(32-36-52)45-19-7-2-8-20-45)56-41-60(49-23-11-4-12-24-49)66-58-26-14-16-28-62(58)71-64(66)43-56/h1-43H. The molecule has 13 aromatic rings. The molecule has 0 radical (unpaired) electrons. The third-order valence-corrected chi connectivity index (χ3v) is 13.7. The summed E-state index contributed by atoms with van der Waals surface area (Å²) in [7, 11) is 0. The maximum atomic E-state index is 7.46. The van der Waals surface area contributed by atoms with Crippen LogP contribution in [0.15, 0.2) is 270 Å². The summed E-state index contributed by atoms with van der Waals surface area (Å²) in [5.74, 6) is 0. The Morgan fingerprint density at radius 1 is 0.254 bits per heavy atom. The van der Waals surface area contributed by atoms with Crippen molar-refractivity contribution in [1.29, 1.82) is 0 Å². The summed E-state index contributed by atoms with van der Waals surface area (Å²) in [5, 5.41) is 4.86. The van der Waals surface area contributed by atoms with E-state index in [1.165, 1.54) is 0 Å². The summed E-state index contributed by atoms with van der Waals surface area (Å²) in [6, 6.07) is 91.4. The van der Waals surface area contributed by atoms with E-state index in [4.69, 9.17) is 20.4 Å². The smallest absolute Gasteiger partial charge is 0.138 e. The second-order valence-corrected chi connectivity index (χ2v) is 18.3. The highest BCUT2D eigenvalue weighted by Gasteiger charge is 2.24. The molecule has 0 N–H and O–H groups in total. The third-order valence-electron chi connectivity index (χ3n) is 13.5. The number of benzene rings is 11. The second kappa shape index (κ2) is 17.8. The molecule has 336 valence electrons. The first-order chi connectivity index (χ1) is 35.1. The van der Waals surface area contributed by atoms with Gasteiger partial charge in [0.25, 0.3) is 0 Å². The molecule has 0 aliphatic rings. The maximum absolute atomic E-state index is 7.46. The number of anilines is 6. The van der Waals surface area contributed by atoms with E-state index in [9.17, 15) is 0 Å². The lowest BCUT2D eigenvalue weighted by atomic mass is 9.97. The van der Waals surface area contributed by atoms with Crippen LogP contribution in [0.4, 0.5) is 34.1 Å². The summed E-state index contributed by atoms with van der Waals surface area (Å²) in [5.41, 5.74) is 17.6. The Morgan fingerprint density at radius 2 is 0.577 bits per heavy atom. The van der Waals surface area contributed by atoms with Crippen LogP contribution < -0.4 is 9.80 Å². The Bertz CT molecular complexity index is 3770. The molecule has 13 rings (SSSR count). The first-order valence-corrected chi connectivity index (χ1v) is 24.2. The molecule has 0 saturated heterocycles. The van der Waals surface area contributed by atoms with E-state index < -0.39 is 0 Å². The highest BCUT2D eigenvalue weighted by atomic mass is 35.5. The van der Waals surface area contributed by atoms with E-state index in [1.807, 2.05) is 36.4 Å². The molecule has 2 aromatic heterocycles. The van der Waals surface area contributed by atoms with Crippen molar-refractivity contribution in [3.8, 4) is 44.5 Å². The molecule has 0 unspecified atom stereocenters. The molecular weight excluding hydrogens is 888 g/mol. The van der Waals surface area contributed by atoms with Gasteiger partial charge in [0.1, 0.15) is 22.3 Å². The number of nitrogens with zero attached hydrogens (tertiary/aromatic N) is 2. The predicted molar refractivity (Wildman–Crippen MR) is 297 cm³/mol. The number of hydrogen-bond acceptors (Lipinski definition) is 4. The molecule has 0 aliphatic carbocycles. The van der Waals surface area contributed by atoms with Gasteiger partial charge in [0.2, 0.25) is 0 Å². The van der Waals surface area contributed by atoms with Crippen molar-refractivity contribution in [3.63, 3.8) is 0 Å². The fraction of sp³-hybridized carbons (Fsp3) is 0. The van der Waals surface area contributed by atoms with Gasteiger partial charge in [-0.05, 0) is 111 Å². The maximum Gasteiger partial charge on any atom is 0.138 e. The number of furan rings is 2. The van der Waals surface area contributed by atoms with Crippen molar-refractivity contribution < 1.29 is 8.83 Å². The summed E-state index contributed by atoms with van der Waals surface area (Å²) >= 11 is 7.46. The molecule has 71 heavy (non-hydrogen) atoms. The molecule has 0 saturated carbocycles. The zero-order valence-electron chi connectivity index (χ0n) is 38.4. The van der Waals surface area contributed by atoms with Crippen LogP contribution in [0.25, 0.3) is 88.4 Å². The van der Waals surface area contributed by atoms with Crippen LogP contribution >= 0.6 is 11.6 Å². The topological polar surface area (TPSA) is 32.8 Å². The quantitative estimate of drug-likeness (QED) is 0.137. The highest BCUT2D eigenvalue weighted by Crippen LogP contribution is 2.48. The number of fused-ring (bicyclic) bond motifs is 6. The van der Waals surface area contributed by atoms with Crippen LogP contribution in [-0.2, 0) is 0 Å². The Kier molecular flexibility index (Phi) is 10.5. The fourth-order valence-corrected chi connectivity index (χ4v) is 10.4. The van der Waals surface area contributed by atoms with Gasteiger partial charge in [0.05, 0.1) is 11.4 Å². The molecular formula is C66H43ClN2O2. The zero-order valence-corrected chi connectivity index (χ0v) is 39.2. The van der Waals surface area contributed by atoms with E-state index in [1.54, 1.807) is 0 Å². The number of halogens is 1. The van der Waals surface area contributed by atoms with Gasteiger partial charge in [0, 0.05) is 61.4 Å². The molecule has 0 amide bonds. The average Bonchev–Trinajstić information content (AvgIpc) is 4.00. The van der Waals surface area contributed by atoms with Crippen LogP contribution in [0.5, 0.6) is 0 Å². The van der Waals surface area contributed by atoms with Gasteiger partial charge in [0.15, 0.2) is 0 Å². The van der Waals surface area contributed by atoms with Gasteiger partial charge in [-0.3, -0.25) is 0 Å². The number of para-hydroxylation sites is 2. The van der Waals surface area contributed by atoms with Crippen LogP contribution in [0, 0.1) is 0 Å². The van der Waals surface area contributed by atoms with Crippen molar-refractivity contribution in [2.24, 2.45) is 0 Å². The molecule has 0 bridgehead atoms. The Labute approximate surface area is 416 Å². The van der Waals surface area contributed by atoms with Crippen LogP contribution in [0.1, 0.15) is 0 Å². The first-order valence-electron chi connectivity index (χ1n) is 23.8. The molecule has 0 atom stereocenters. The summed E-state index contributed by atoms with van der Waals surface area (Å²) in [6.45, 7) is 0. The lowest BCUT2D eigenvalue weighted by Crippen LogP contribution is -2.13. The van der Waals surface area contributed by atoms with Gasteiger partial charge in [-0.15, -0.1) is 0 Å². The van der Waals surface area contributed by atoms with E-state index in [-0.39, 0.29) is 0 Å².